The van der Waals surface area contributed by atoms with Crippen LogP contribution in [-0.4, -0.2) is 44.3 Å². The summed E-state index contributed by atoms with van der Waals surface area (Å²) in [6.45, 7) is 3.81. The summed E-state index contributed by atoms with van der Waals surface area (Å²) in [6.07, 6.45) is 3.67. The summed E-state index contributed by atoms with van der Waals surface area (Å²) in [7, 11) is 0. The Balaban J connectivity index is 2.50. The molecule has 1 aromatic heterocycles. The summed E-state index contributed by atoms with van der Waals surface area (Å²) in [6, 6.07) is 1.67. The molecule has 0 spiro atoms. The Bertz CT molecular complexity index is 373. The average molecular weight is 239 g/mol. The number of hydrogen-bond acceptors (Lipinski definition) is 3. The maximum absolute atomic E-state index is 11.8. The predicted octanol–water partition coefficient (Wildman–Crippen LogP) is 0.595. The first-order chi connectivity index (χ1) is 8.00. The molecule has 1 N–H and O–H groups in total. The molecule has 0 aliphatic rings. The van der Waals surface area contributed by atoms with E-state index >= 15 is 0 Å². The number of aliphatic carboxylic acids is 1. The van der Waals surface area contributed by atoms with Crippen molar-refractivity contribution in [3.63, 3.8) is 0 Å². The molecule has 17 heavy (non-hydrogen) atoms. The van der Waals surface area contributed by atoms with Crippen LogP contribution in [-0.2, 0) is 16.1 Å². The monoisotopic (exact) mass is 239 g/mol. The summed E-state index contributed by atoms with van der Waals surface area (Å²) in [5.74, 6) is -1.16. The van der Waals surface area contributed by atoms with E-state index in [4.69, 9.17) is 5.11 Å². The van der Waals surface area contributed by atoms with Crippen molar-refractivity contribution in [2.24, 2.45) is 0 Å². The lowest BCUT2D eigenvalue weighted by Gasteiger charge is -2.24. The molecule has 1 amide bonds. The molecule has 0 bridgehead atoms. The van der Waals surface area contributed by atoms with Gasteiger partial charge in [-0.15, -0.1) is 0 Å². The normalized spacial score (nSPS) is 10.5. The molecule has 0 aromatic carbocycles. The van der Waals surface area contributed by atoms with Gasteiger partial charge in [-0.05, 0) is 19.9 Å². The van der Waals surface area contributed by atoms with Crippen LogP contribution >= 0.6 is 0 Å². The van der Waals surface area contributed by atoms with Gasteiger partial charge in [0.15, 0.2) is 0 Å². The Kier molecular flexibility index (Phi) is 4.68. The van der Waals surface area contributed by atoms with Crippen LogP contribution in [0.4, 0.5) is 0 Å². The first-order valence-corrected chi connectivity index (χ1v) is 5.49. The van der Waals surface area contributed by atoms with Gasteiger partial charge in [0.25, 0.3) is 0 Å². The van der Waals surface area contributed by atoms with Crippen molar-refractivity contribution in [3.05, 3.63) is 18.5 Å². The van der Waals surface area contributed by atoms with Crippen LogP contribution < -0.4 is 0 Å². The van der Waals surface area contributed by atoms with Crippen molar-refractivity contribution in [1.29, 1.82) is 0 Å². The van der Waals surface area contributed by atoms with Crippen molar-refractivity contribution in [2.75, 3.05) is 6.54 Å². The highest BCUT2D eigenvalue weighted by Gasteiger charge is 2.19. The van der Waals surface area contributed by atoms with Gasteiger partial charge in [0.2, 0.25) is 5.91 Å². The van der Waals surface area contributed by atoms with Gasteiger partial charge in [-0.2, -0.15) is 5.10 Å². The standard InChI is InChI=1S/C11H17N3O3/c1-9(2)14(8-11(16)17)10(15)4-7-13-6-3-5-12-13/h3,5-6,9H,4,7-8H2,1-2H3,(H,16,17). The van der Waals surface area contributed by atoms with Crippen molar-refractivity contribution in [3.8, 4) is 0 Å². The maximum atomic E-state index is 11.8. The fourth-order valence-corrected chi connectivity index (χ4v) is 1.49. The van der Waals surface area contributed by atoms with Crippen LogP contribution in [0.25, 0.3) is 0 Å². The van der Waals surface area contributed by atoms with Crippen molar-refractivity contribution in [2.45, 2.75) is 32.9 Å². The second-order valence-corrected chi connectivity index (χ2v) is 4.03. The highest BCUT2D eigenvalue weighted by Crippen LogP contribution is 2.03. The number of carbonyl (C=O) groups excluding carboxylic acids is 1. The molecule has 0 atom stereocenters. The lowest BCUT2D eigenvalue weighted by atomic mass is 10.2. The lowest BCUT2D eigenvalue weighted by molar-refractivity contribution is -0.145. The van der Waals surface area contributed by atoms with Crippen molar-refractivity contribution < 1.29 is 14.7 Å². The van der Waals surface area contributed by atoms with Crippen LogP contribution in [0.15, 0.2) is 18.5 Å². The van der Waals surface area contributed by atoms with E-state index in [2.05, 4.69) is 5.10 Å². The fourth-order valence-electron chi connectivity index (χ4n) is 1.49. The molecule has 1 heterocycles. The number of carboxylic acid groups (broad SMARTS) is 1. The second kappa shape index (κ2) is 6.03. The molecule has 1 rings (SSSR count). The smallest absolute Gasteiger partial charge is 0.323 e. The first kappa shape index (κ1) is 13.2. The highest BCUT2D eigenvalue weighted by molar-refractivity contribution is 5.81. The number of rotatable bonds is 6. The minimum Gasteiger partial charge on any atom is -0.480 e. The molecule has 0 saturated heterocycles. The molecule has 6 nitrogen and oxygen atoms in total. The zero-order chi connectivity index (χ0) is 12.8. The molecule has 0 radical (unpaired) electrons. The van der Waals surface area contributed by atoms with Gasteiger partial charge in [0.1, 0.15) is 6.54 Å². The van der Waals surface area contributed by atoms with Gasteiger partial charge in [0, 0.05) is 31.4 Å². The molecule has 0 aliphatic heterocycles. The van der Waals surface area contributed by atoms with Crippen molar-refractivity contribution >= 4 is 11.9 Å². The van der Waals surface area contributed by atoms with Crippen LogP contribution in [0, 0.1) is 0 Å². The summed E-state index contributed by atoms with van der Waals surface area (Å²) < 4.78 is 1.65. The number of carbonyl (C=O) groups is 2. The maximum Gasteiger partial charge on any atom is 0.323 e. The van der Waals surface area contributed by atoms with Gasteiger partial charge < -0.3 is 10.0 Å². The van der Waals surface area contributed by atoms with E-state index < -0.39 is 5.97 Å². The third-order valence-corrected chi connectivity index (χ3v) is 2.36. The Morgan fingerprint density at radius 3 is 2.65 bits per heavy atom. The summed E-state index contributed by atoms with van der Waals surface area (Å²) in [5, 5.41) is 12.7. The van der Waals surface area contributed by atoms with E-state index in [1.54, 1.807) is 37.0 Å². The van der Waals surface area contributed by atoms with Crippen molar-refractivity contribution in [1.82, 2.24) is 14.7 Å². The SMILES string of the molecule is CC(C)N(CC(=O)O)C(=O)CCn1cccn1. The molecular weight excluding hydrogens is 222 g/mol. The third-order valence-electron chi connectivity index (χ3n) is 2.36. The van der Waals surface area contributed by atoms with Crippen LogP contribution in [0.2, 0.25) is 0 Å². The van der Waals surface area contributed by atoms with E-state index in [1.165, 1.54) is 4.90 Å². The van der Waals surface area contributed by atoms with Crippen LogP contribution in [0.5, 0.6) is 0 Å². The van der Waals surface area contributed by atoms with Gasteiger partial charge in [0.05, 0.1) is 0 Å². The number of carboxylic acids is 1. The molecule has 0 aliphatic carbocycles. The van der Waals surface area contributed by atoms with E-state index in [-0.39, 0.29) is 24.9 Å². The minimum absolute atomic E-state index is 0.115. The van der Waals surface area contributed by atoms with E-state index in [1.807, 2.05) is 0 Å². The fraction of sp³-hybridized carbons (Fsp3) is 0.545. The Hall–Kier alpha value is -1.85. The molecule has 6 heteroatoms. The zero-order valence-corrected chi connectivity index (χ0v) is 10.0. The van der Waals surface area contributed by atoms with Crippen LogP contribution in [0.3, 0.4) is 0 Å². The average Bonchev–Trinajstić information content (AvgIpc) is 2.74. The Morgan fingerprint density at radius 2 is 2.18 bits per heavy atom. The predicted molar refractivity (Wildman–Crippen MR) is 61.3 cm³/mol. The van der Waals surface area contributed by atoms with E-state index in [0.29, 0.717) is 6.54 Å². The number of aromatic nitrogens is 2. The second-order valence-electron chi connectivity index (χ2n) is 4.03. The molecule has 0 fully saturated rings. The summed E-state index contributed by atoms with van der Waals surface area (Å²) in [5.41, 5.74) is 0. The highest BCUT2D eigenvalue weighted by atomic mass is 16.4. The summed E-state index contributed by atoms with van der Waals surface area (Å²) in [4.78, 5) is 23.8. The first-order valence-electron chi connectivity index (χ1n) is 5.49. The molecule has 0 saturated carbocycles. The topological polar surface area (TPSA) is 75.4 Å². The van der Waals surface area contributed by atoms with E-state index in [9.17, 15) is 9.59 Å². The number of hydrogen-bond donors (Lipinski definition) is 1. The minimum atomic E-state index is -0.994. The van der Waals surface area contributed by atoms with Gasteiger partial charge in [-0.1, -0.05) is 0 Å². The third kappa shape index (κ3) is 4.26. The molecule has 1 aromatic rings. The number of amides is 1. The number of aryl methyl sites for hydroxylation is 1. The molecular formula is C11H17N3O3. The van der Waals surface area contributed by atoms with Crippen LogP contribution in [0.1, 0.15) is 20.3 Å². The Morgan fingerprint density at radius 1 is 1.47 bits per heavy atom. The van der Waals surface area contributed by atoms with E-state index in [0.717, 1.165) is 0 Å². The molecule has 94 valence electrons. The number of nitrogens with zero attached hydrogens (tertiary/aromatic N) is 3. The van der Waals surface area contributed by atoms with Gasteiger partial charge in [-0.25, -0.2) is 0 Å². The quantitative estimate of drug-likeness (QED) is 0.788. The zero-order valence-electron chi connectivity index (χ0n) is 10.0. The lowest BCUT2D eigenvalue weighted by Crippen LogP contribution is -2.41. The molecule has 0 unspecified atom stereocenters. The largest absolute Gasteiger partial charge is 0.480 e. The summed E-state index contributed by atoms with van der Waals surface area (Å²) >= 11 is 0. The Labute approximate surface area is 99.8 Å². The van der Waals surface area contributed by atoms with Gasteiger partial charge >= 0.3 is 5.97 Å². The van der Waals surface area contributed by atoms with Gasteiger partial charge in [-0.3, -0.25) is 14.3 Å².